The van der Waals surface area contributed by atoms with Crippen LogP contribution in [0.1, 0.15) is 96.3 Å². The number of rotatable bonds is 6. The predicted octanol–water partition coefficient (Wildman–Crippen LogP) is 8.45. The van der Waals surface area contributed by atoms with E-state index in [1.165, 1.54) is 43.0 Å². The quantitative estimate of drug-likeness (QED) is 0.172. The Bertz CT molecular complexity index is 1430. The summed E-state index contributed by atoms with van der Waals surface area (Å²) >= 11 is 6.08. The molecule has 2 aliphatic rings. The molecule has 288 valence electrons. The van der Waals surface area contributed by atoms with E-state index in [2.05, 4.69) is 20.7 Å². The van der Waals surface area contributed by atoms with E-state index in [0.717, 1.165) is 53.9 Å². The van der Waals surface area contributed by atoms with Gasteiger partial charge in [0.15, 0.2) is 9.75 Å². The van der Waals surface area contributed by atoms with Gasteiger partial charge in [0.05, 0.1) is 20.8 Å². The number of amides is 2. The van der Waals surface area contributed by atoms with Crippen LogP contribution in [0.5, 0.6) is 11.5 Å². The molecule has 0 unspecified atom stereocenters. The van der Waals surface area contributed by atoms with E-state index in [0.29, 0.717) is 42.2 Å². The van der Waals surface area contributed by atoms with Gasteiger partial charge in [-0.05, 0) is 105 Å². The molecular formula is C36H55BrN2O10S2. The number of ether oxygens (including phenoxy) is 5. The van der Waals surface area contributed by atoms with Crippen LogP contribution in [0.4, 0.5) is 9.59 Å². The first-order valence-electron chi connectivity index (χ1n) is 17.0. The number of likely N-dealkylation sites (tertiary alicyclic amines) is 2. The lowest BCUT2D eigenvalue weighted by molar-refractivity contribution is 0.0161. The predicted molar refractivity (Wildman–Crippen MR) is 203 cm³/mol. The molecule has 2 saturated heterocycles. The number of nitrogens with zero attached hydrogens (tertiary/aromatic N) is 2. The molecule has 1 N–H and O–H groups in total. The Labute approximate surface area is 318 Å². The van der Waals surface area contributed by atoms with Crippen LogP contribution in [-0.2, 0) is 18.9 Å². The molecule has 4 rings (SSSR count). The number of alkyl halides is 1. The second-order valence-corrected chi connectivity index (χ2v) is 17.6. The summed E-state index contributed by atoms with van der Waals surface area (Å²) < 4.78 is 25.8. The number of aryl methyl sites for hydroxylation is 2. The lowest BCUT2D eigenvalue weighted by Gasteiger charge is -2.33. The van der Waals surface area contributed by atoms with E-state index in [4.69, 9.17) is 24.1 Å². The third-order valence-corrected chi connectivity index (χ3v) is 10.6. The highest BCUT2D eigenvalue weighted by molar-refractivity contribution is 9.09. The molecule has 0 aliphatic carbocycles. The molecule has 0 aromatic carbocycles. The summed E-state index contributed by atoms with van der Waals surface area (Å²) in [6.45, 7) is 18.6. The fraction of sp³-hybridized carbons (Fsp3) is 0.667. The Morgan fingerprint density at radius 2 is 1.16 bits per heavy atom. The fourth-order valence-electron chi connectivity index (χ4n) is 4.99. The minimum atomic E-state index is -0.486. The summed E-state index contributed by atoms with van der Waals surface area (Å²) in [6, 6.07) is 3.41. The molecule has 2 aromatic heterocycles. The molecule has 15 heteroatoms. The largest absolute Gasteiger partial charge is 0.506 e. The standard InChI is InChI=1S/C18H27NO5S.C11H20BrNO2.C7H8O3S/c1-12-10-14(15(25-12)16(20)22-5)23-11-13-6-8-19(9-7-13)17(21)24-18(2,3)4;1-11(2,3)15-10(14)13-6-4-9(8-12)5-7-13;1-4-3-5(8)6(11-4)7(9)10-2/h10,13H,6-9,11H2,1-5H3;9H,4-8H2,1-3H3;3,8H,1-2H3. The summed E-state index contributed by atoms with van der Waals surface area (Å²) in [4.78, 5) is 52.7. The highest BCUT2D eigenvalue weighted by Crippen LogP contribution is 2.31. The summed E-state index contributed by atoms with van der Waals surface area (Å²) in [5.74, 6) is 0.796. The zero-order chi connectivity index (χ0) is 38.5. The molecule has 0 atom stereocenters. The minimum absolute atomic E-state index is 0.000602. The van der Waals surface area contributed by atoms with Crippen molar-refractivity contribution in [3.63, 3.8) is 0 Å². The Morgan fingerprint density at radius 3 is 1.55 bits per heavy atom. The Hall–Kier alpha value is -3.04. The molecule has 2 aliphatic heterocycles. The van der Waals surface area contributed by atoms with Gasteiger partial charge < -0.3 is 38.6 Å². The summed E-state index contributed by atoms with van der Waals surface area (Å²) in [5, 5.41) is 10.2. The number of piperidine rings is 2. The van der Waals surface area contributed by atoms with Gasteiger partial charge in [-0.1, -0.05) is 15.9 Å². The maximum atomic E-state index is 12.1. The first-order valence-corrected chi connectivity index (χ1v) is 19.7. The molecule has 2 amide bonds. The van der Waals surface area contributed by atoms with E-state index in [9.17, 15) is 19.2 Å². The smallest absolute Gasteiger partial charge is 0.410 e. The van der Waals surface area contributed by atoms with Crippen molar-refractivity contribution in [2.75, 3.05) is 52.3 Å². The van der Waals surface area contributed by atoms with Crippen molar-refractivity contribution in [2.24, 2.45) is 11.8 Å². The van der Waals surface area contributed by atoms with Gasteiger partial charge in [0.25, 0.3) is 0 Å². The van der Waals surface area contributed by atoms with Gasteiger partial charge in [-0.3, -0.25) is 0 Å². The minimum Gasteiger partial charge on any atom is -0.506 e. The van der Waals surface area contributed by atoms with Crippen LogP contribution in [-0.4, -0.2) is 103 Å². The van der Waals surface area contributed by atoms with Crippen LogP contribution in [0.2, 0.25) is 0 Å². The van der Waals surface area contributed by atoms with E-state index in [1.54, 1.807) is 4.90 Å². The monoisotopic (exact) mass is 818 g/mol. The van der Waals surface area contributed by atoms with Gasteiger partial charge in [0, 0.05) is 41.3 Å². The molecule has 0 spiro atoms. The van der Waals surface area contributed by atoms with Crippen molar-refractivity contribution in [1.82, 2.24) is 9.80 Å². The molecule has 0 saturated carbocycles. The number of hydrogen-bond acceptors (Lipinski definition) is 12. The van der Waals surface area contributed by atoms with Crippen molar-refractivity contribution >= 4 is 62.7 Å². The number of esters is 2. The molecule has 4 heterocycles. The van der Waals surface area contributed by atoms with Gasteiger partial charge in [-0.25, -0.2) is 19.2 Å². The maximum Gasteiger partial charge on any atom is 0.410 e. The highest BCUT2D eigenvalue weighted by atomic mass is 79.9. The third kappa shape index (κ3) is 15.6. The van der Waals surface area contributed by atoms with Gasteiger partial charge >= 0.3 is 24.1 Å². The second kappa shape index (κ2) is 20.3. The second-order valence-electron chi connectivity index (χ2n) is 14.4. The number of thiophene rings is 2. The SMILES string of the molecule is CC(C)(C)OC(=O)N1CCC(CBr)CC1.COC(=O)c1sc(C)cc1O.COC(=O)c1sc(C)cc1OCC1CCN(C(=O)OC(C)(C)C)CC1. The topological polar surface area (TPSA) is 141 Å². The van der Waals surface area contributed by atoms with Crippen LogP contribution in [0, 0.1) is 25.7 Å². The van der Waals surface area contributed by atoms with Gasteiger partial charge in [-0.15, -0.1) is 22.7 Å². The number of methoxy groups -OCH3 is 2. The summed E-state index contributed by atoms with van der Waals surface area (Å²) in [6.07, 6.45) is 3.43. The van der Waals surface area contributed by atoms with Crippen molar-refractivity contribution in [3.05, 3.63) is 31.6 Å². The molecule has 0 bridgehead atoms. The number of aromatic hydroxyl groups is 1. The zero-order valence-electron chi connectivity index (χ0n) is 31.6. The first-order chi connectivity index (χ1) is 23.8. The van der Waals surface area contributed by atoms with Crippen LogP contribution >= 0.6 is 38.6 Å². The van der Waals surface area contributed by atoms with Crippen molar-refractivity contribution < 1.29 is 48.0 Å². The molecule has 12 nitrogen and oxygen atoms in total. The number of halogens is 1. The average molecular weight is 820 g/mol. The fourth-order valence-corrected chi connectivity index (χ4v) is 7.33. The lowest BCUT2D eigenvalue weighted by atomic mass is 9.98. The normalized spacial score (nSPS) is 15.4. The highest BCUT2D eigenvalue weighted by Gasteiger charge is 2.28. The number of hydrogen-bond donors (Lipinski definition) is 1. The van der Waals surface area contributed by atoms with Crippen LogP contribution in [0.15, 0.2) is 12.1 Å². The molecule has 51 heavy (non-hydrogen) atoms. The van der Waals surface area contributed by atoms with Crippen LogP contribution in [0.25, 0.3) is 0 Å². The molecule has 2 fully saturated rings. The molecule has 0 radical (unpaired) electrons. The third-order valence-electron chi connectivity index (χ3n) is 7.62. The summed E-state index contributed by atoms with van der Waals surface area (Å²) in [7, 11) is 2.66. The van der Waals surface area contributed by atoms with Gasteiger partial charge in [0.2, 0.25) is 0 Å². The van der Waals surface area contributed by atoms with E-state index in [1.807, 2.05) is 66.4 Å². The van der Waals surface area contributed by atoms with Gasteiger partial charge in [-0.2, -0.15) is 0 Å². The van der Waals surface area contributed by atoms with Gasteiger partial charge in [0.1, 0.15) is 22.7 Å². The number of carbonyl (C=O) groups is 4. The lowest BCUT2D eigenvalue weighted by Crippen LogP contribution is -2.42. The van der Waals surface area contributed by atoms with Crippen molar-refractivity contribution in [3.8, 4) is 11.5 Å². The average Bonchev–Trinajstić information content (AvgIpc) is 3.62. The summed E-state index contributed by atoms with van der Waals surface area (Å²) in [5.41, 5.74) is -0.860. The van der Waals surface area contributed by atoms with Crippen LogP contribution < -0.4 is 4.74 Å². The Morgan fingerprint density at radius 1 is 0.745 bits per heavy atom. The maximum absolute atomic E-state index is 12.1. The van der Waals surface area contributed by atoms with Crippen LogP contribution in [0.3, 0.4) is 0 Å². The van der Waals surface area contributed by atoms with Crippen molar-refractivity contribution in [2.45, 2.75) is 92.3 Å². The van der Waals surface area contributed by atoms with E-state index >= 15 is 0 Å². The first kappa shape index (κ1) is 44.1. The van der Waals surface area contributed by atoms with E-state index in [-0.39, 0.29) is 34.4 Å². The Balaban J connectivity index is 0.000000293. The Kier molecular flexibility index (Phi) is 17.5. The molecule has 2 aromatic rings. The van der Waals surface area contributed by atoms with E-state index < -0.39 is 11.6 Å². The van der Waals surface area contributed by atoms with Crippen molar-refractivity contribution in [1.29, 1.82) is 0 Å². The zero-order valence-corrected chi connectivity index (χ0v) is 34.8. The number of carbonyl (C=O) groups excluding carboxylic acids is 4. The molecular weight excluding hydrogens is 764 g/mol.